The van der Waals surface area contributed by atoms with Crippen molar-refractivity contribution in [3.05, 3.63) is 27.4 Å². The Labute approximate surface area is 119 Å². The molecule has 0 aliphatic rings. The van der Waals surface area contributed by atoms with Crippen molar-refractivity contribution in [2.24, 2.45) is 0 Å². The van der Waals surface area contributed by atoms with Gasteiger partial charge in [0.15, 0.2) is 0 Å². The monoisotopic (exact) mass is 280 g/mol. The van der Waals surface area contributed by atoms with Crippen LogP contribution in [0.2, 0.25) is 0 Å². The van der Waals surface area contributed by atoms with E-state index >= 15 is 0 Å². The van der Waals surface area contributed by atoms with Crippen LogP contribution in [0, 0.1) is 6.92 Å². The van der Waals surface area contributed by atoms with Crippen molar-refractivity contribution in [2.75, 3.05) is 20.1 Å². The number of nitrogens with one attached hydrogen (secondary N) is 3. The van der Waals surface area contributed by atoms with Crippen molar-refractivity contribution in [2.45, 2.75) is 39.5 Å². The van der Waals surface area contributed by atoms with Crippen LogP contribution in [0.1, 0.15) is 49.1 Å². The molecule has 0 saturated carbocycles. The first-order chi connectivity index (χ1) is 9.27. The quantitative estimate of drug-likeness (QED) is 0.693. The van der Waals surface area contributed by atoms with E-state index in [0.29, 0.717) is 18.1 Å². The predicted molar refractivity (Wildman–Crippen MR) is 79.2 cm³/mol. The van der Waals surface area contributed by atoms with Gasteiger partial charge >= 0.3 is 0 Å². The minimum Gasteiger partial charge on any atom is -0.352 e. The topological polar surface area (TPSA) is 86.9 Å². The van der Waals surface area contributed by atoms with E-state index in [1.54, 1.807) is 6.92 Å². The summed E-state index contributed by atoms with van der Waals surface area (Å²) in [5.41, 5.74) is -0.0769. The summed E-state index contributed by atoms with van der Waals surface area (Å²) in [6.45, 7) is 8.91. The predicted octanol–water partition coefficient (Wildman–Crippen LogP) is 0.715. The van der Waals surface area contributed by atoms with Gasteiger partial charge in [0, 0.05) is 12.0 Å². The zero-order valence-electron chi connectivity index (χ0n) is 12.9. The molecule has 1 heterocycles. The minimum atomic E-state index is -0.381. The van der Waals surface area contributed by atoms with E-state index in [2.05, 4.69) is 20.6 Å². The van der Waals surface area contributed by atoms with Crippen LogP contribution < -0.4 is 16.2 Å². The molecule has 0 aliphatic carbocycles. The molecule has 0 unspecified atom stereocenters. The van der Waals surface area contributed by atoms with Crippen LogP contribution in [0.3, 0.4) is 0 Å². The van der Waals surface area contributed by atoms with Gasteiger partial charge in [-0.1, -0.05) is 20.8 Å². The fourth-order valence-corrected chi connectivity index (χ4v) is 1.76. The van der Waals surface area contributed by atoms with Gasteiger partial charge < -0.3 is 15.6 Å². The molecule has 0 aliphatic heterocycles. The molecule has 6 heteroatoms. The summed E-state index contributed by atoms with van der Waals surface area (Å²) in [7, 11) is 1.85. The Morgan fingerprint density at radius 3 is 2.45 bits per heavy atom. The molecule has 0 saturated heterocycles. The van der Waals surface area contributed by atoms with Crippen LogP contribution in [-0.2, 0) is 5.41 Å². The Kier molecular flexibility index (Phi) is 5.44. The number of carbonyl (C=O) groups excluding carboxylic acids is 1. The number of rotatable bonds is 5. The van der Waals surface area contributed by atoms with Crippen LogP contribution in [-0.4, -0.2) is 36.0 Å². The number of nitrogens with zero attached hydrogens (tertiary/aromatic N) is 1. The fourth-order valence-electron chi connectivity index (χ4n) is 1.76. The second kappa shape index (κ2) is 6.65. The van der Waals surface area contributed by atoms with Gasteiger partial charge in [0.2, 0.25) is 0 Å². The summed E-state index contributed by atoms with van der Waals surface area (Å²) in [6, 6.07) is 0. The van der Waals surface area contributed by atoms with Gasteiger partial charge in [-0.05, 0) is 26.9 Å². The number of carbonyl (C=O) groups is 1. The van der Waals surface area contributed by atoms with Crippen molar-refractivity contribution >= 4 is 5.91 Å². The van der Waals surface area contributed by atoms with Gasteiger partial charge in [0.25, 0.3) is 11.5 Å². The van der Waals surface area contributed by atoms with Crippen LogP contribution in [0.25, 0.3) is 0 Å². The molecule has 0 radical (unpaired) electrons. The van der Waals surface area contributed by atoms with E-state index in [4.69, 9.17) is 0 Å². The van der Waals surface area contributed by atoms with Gasteiger partial charge in [0.05, 0.1) is 5.69 Å². The number of aryl methyl sites for hydroxylation is 1. The number of H-pyrrole nitrogens is 1. The zero-order chi connectivity index (χ0) is 15.3. The summed E-state index contributed by atoms with van der Waals surface area (Å²) in [6.07, 6.45) is 0.812. The highest BCUT2D eigenvalue weighted by molar-refractivity contribution is 5.94. The van der Waals surface area contributed by atoms with Crippen molar-refractivity contribution < 1.29 is 4.79 Å². The van der Waals surface area contributed by atoms with Crippen molar-refractivity contribution in [3.8, 4) is 0 Å². The molecule has 1 amide bonds. The SMILES string of the molecule is CNCCCNC(=O)c1c(C)nc(C(C)(C)C)[nH]c1=O. The first kappa shape index (κ1) is 16.4. The average molecular weight is 280 g/mol. The number of amides is 1. The lowest BCUT2D eigenvalue weighted by molar-refractivity contribution is 0.0950. The third kappa shape index (κ3) is 4.16. The summed E-state index contributed by atoms with van der Waals surface area (Å²) < 4.78 is 0. The molecule has 0 atom stereocenters. The van der Waals surface area contributed by atoms with Crippen molar-refractivity contribution in [1.82, 2.24) is 20.6 Å². The number of hydrogen-bond donors (Lipinski definition) is 3. The standard InChI is InChI=1S/C14H24N4O2/c1-9-10(11(19)16-8-6-7-15-5)12(20)18-13(17-9)14(2,3)4/h15H,6-8H2,1-5H3,(H,16,19)(H,17,18,20). The number of aromatic nitrogens is 2. The molecular formula is C14H24N4O2. The van der Waals surface area contributed by atoms with Crippen LogP contribution >= 0.6 is 0 Å². The number of aromatic amines is 1. The molecule has 112 valence electrons. The Morgan fingerprint density at radius 2 is 1.95 bits per heavy atom. The maximum Gasteiger partial charge on any atom is 0.264 e. The maximum absolute atomic E-state index is 12.1. The van der Waals surface area contributed by atoms with Crippen LogP contribution in [0.15, 0.2) is 4.79 Å². The Morgan fingerprint density at radius 1 is 1.30 bits per heavy atom. The third-order valence-electron chi connectivity index (χ3n) is 2.93. The van der Waals surface area contributed by atoms with Gasteiger partial charge in [-0.3, -0.25) is 9.59 Å². The average Bonchev–Trinajstić information content (AvgIpc) is 2.32. The first-order valence-corrected chi connectivity index (χ1v) is 6.81. The Hall–Kier alpha value is -1.69. The summed E-state index contributed by atoms with van der Waals surface area (Å²) in [5.74, 6) is 0.222. The molecule has 0 aromatic carbocycles. The zero-order valence-corrected chi connectivity index (χ0v) is 12.9. The highest BCUT2D eigenvalue weighted by Gasteiger charge is 2.21. The smallest absolute Gasteiger partial charge is 0.264 e. The van der Waals surface area contributed by atoms with Gasteiger partial charge in [-0.25, -0.2) is 4.98 Å². The van der Waals surface area contributed by atoms with E-state index < -0.39 is 0 Å². The molecule has 3 N–H and O–H groups in total. The van der Waals surface area contributed by atoms with E-state index in [9.17, 15) is 9.59 Å². The molecular weight excluding hydrogens is 256 g/mol. The minimum absolute atomic E-state index is 0.0995. The van der Waals surface area contributed by atoms with Crippen molar-refractivity contribution in [1.29, 1.82) is 0 Å². The molecule has 1 rings (SSSR count). The number of hydrogen-bond acceptors (Lipinski definition) is 4. The third-order valence-corrected chi connectivity index (χ3v) is 2.93. The molecule has 1 aromatic rings. The van der Waals surface area contributed by atoms with E-state index in [1.807, 2.05) is 27.8 Å². The van der Waals surface area contributed by atoms with E-state index in [-0.39, 0.29) is 22.4 Å². The molecule has 0 fully saturated rings. The second-order valence-corrected chi connectivity index (χ2v) is 5.84. The maximum atomic E-state index is 12.1. The fraction of sp³-hybridized carbons (Fsp3) is 0.643. The van der Waals surface area contributed by atoms with Crippen molar-refractivity contribution in [3.63, 3.8) is 0 Å². The van der Waals surface area contributed by atoms with Crippen LogP contribution in [0.5, 0.6) is 0 Å². The van der Waals surface area contributed by atoms with Gasteiger partial charge in [0.1, 0.15) is 11.4 Å². The summed E-state index contributed by atoms with van der Waals surface area (Å²) in [5, 5.41) is 5.73. The summed E-state index contributed by atoms with van der Waals surface area (Å²) >= 11 is 0. The van der Waals surface area contributed by atoms with Gasteiger partial charge in [-0.2, -0.15) is 0 Å². The lowest BCUT2D eigenvalue weighted by atomic mass is 9.95. The Bertz CT molecular complexity index is 529. The highest BCUT2D eigenvalue weighted by atomic mass is 16.2. The highest BCUT2D eigenvalue weighted by Crippen LogP contribution is 2.17. The van der Waals surface area contributed by atoms with E-state index in [0.717, 1.165) is 13.0 Å². The van der Waals surface area contributed by atoms with Gasteiger partial charge in [-0.15, -0.1) is 0 Å². The first-order valence-electron chi connectivity index (χ1n) is 6.81. The normalized spacial score (nSPS) is 11.4. The molecule has 6 nitrogen and oxygen atoms in total. The Balaban J connectivity index is 2.91. The van der Waals surface area contributed by atoms with Crippen LogP contribution in [0.4, 0.5) is 0 Å². The largest absolute Gasteiger partial charge is 0.352 e. The second-order valence-electron chi connectivity index (χ2n) is 5.84. The lowest BCUT2D eigenvalue weighted by Gasteiger charge is -2.18. The molecule has 20 heavy (non-hydrogen) atoms. The van der Waals surface area contributed by atoms with E-state index in [1.165, 1.54) is 0 Å². The lowest BCUT2D eigenvalue weighted by Crippen LogP contribution is -2.34. The molecule has 0 spiro atoms. The molecule has 0 bridgehead atoms. The summed E-state index contributed by atoms with van der Waals surface area (Å²) in [4.78, 5) is 31.1. The molecule has 1 aromatic heterocycles.